The van der Waals surface area contributed by atoms with Crippen LogP contribution in [0.5, 0.6) is 0 Å². The van der Waals surface area contributed by atoms with E-state index in [2.05, 4.69) is 175 Å². The molecule has 0 aliphatic heterocycles. The highest BCUT2D eigenvalue weighted by molar-refractivity contribution is 6.28. The van der Waals surface area contributed by atoms with Crippen LogP contribution in [0.15, 0.2) is 194 Å². The zero-order valence-corrected chi connectivity index (χ0v) is 27.9. The van der Waals surface area contributed by atoms with E-state index >= 15 is 0 Å². The van der Waals surface area contributed by atoms with Gasteiger partial charge in [0.05, 0.1) is 0 Å². The number of pyridine rings is 1. The zero-order valence-electron chi connectivity index (χ0n) is 27.9. The number of anilines is 3. The maximum absolute atomic E-state index is 4.70. The highest BCUT2D eigenvalue weighted by atomic mass is 15.2. The molecular weight excluding hydrogens is 617 g/mol. The van der Waals surface area contributed by atoms with Crippen molar-refractivity contribution in [3.63, 3.8) is 0 Å². The van der Waals surface area contributed by atoms with Gasteiger partial charge < -0.3 is 0 Å². The maximum atomic E-state index is 4.70. The molecule has 0 saturated carbocycles. The lowest BCUT2D eigenvalue weighted by molar-refractivity contribution is 1.18. The van der Waals surface area contributed by atoms with Gasteiger partial charge in [-0.15, -0.1) is 0 Å². The fraction of sp³-hybridized carbons (Fsp3) is 0. The number of nitrogens with zero attached hydrogens (tertiary/aromatic N) is 2. The van der Waals surface area contributed by atoms with Gasteiger partial charge in [0, 0.05) is 17.6 Å². The molecule has 238 valence electrons. The first-order chi connectivity index (χ1) is 25.3. The molecular formula is C49H32N2. The number of rotatable bonds is 6. The first-order valence-electron chi connectivity index (χ1n) is 17.5. The average molecular weight is 649 g/mol. The second-order valence-electron chi connectivity index (χ2n) is 13.1. The SMILES string of the molecule is c1ccc(-c2c3c(c(-c4ccccc4)c4ccccc24)-c2ccc(-c4ccc(N(c5ccccc5)c5ccccn5)cc4)c4cccc-3c24)cc1. The highest BCUT2D eigenvalue weighted by Crippen LogP contribution is 2.58. The minimum atomic E-state index is 0.885. The molecule has 1 heterocycles. The molecule has 8 aromatic carbocycles. The van der Waals surface area contributed by atoms with Gasteiger partial charge in [0.15, 0.2) is 0 Å². The van der Waals surface area contributed by atoms with E-state index in [-0.39, 0.29) is 0 Å². The Morgan fingerprint density at radius 3 is 1.43 bits per heavy atom. The predicted octanol–water partition coefficient (Wildman–Crippen LogP) is 13.5. The van der Waals surface area contributed by atoms with E-state index < -0.39 is 0 Å². The van der Waals surface area contributed by atoms with Crippen LogP contribution in [-0.4, -0.2) is 4.98 Å². The molecule has 9 aromatic rings. The molecule has 0 spiro atoms. The Balaban J connectivity index is 1.19. The predicted molar refractivity (Wildman–Crippen MR) is 215 cm³/mol. The number of hydrogen-bond donors (Lipinski definition) is 0. The molecule has 0 atom stereocenters. The number of fused-ring (bicyclic) bond motifs is 4. The van der Waals surface area contributed by atoms with Crippen LogP contribution in [0.1, 0.15) is 0 Å². The maximum Gasteiger partial charge on any atom is 0.137 e. The molecule has 0 amide bonds. The van der Waals surface area contributed by atoms with Gasteiger partial charge in [-0.25, -0.2) is 4.98 Å². The van der Waals surface area contributed by atoms with Crippen LogP contribution in [0.3, 0.4) is 0 Å². The molecule has 0 saturated heterocycles. The normalized spacial score (nSPS) is 11.5. The molecule has 10 rings (SSSR count). The highest BCUT2D eigenvalue weighted by Gasteiger charge is 2.31. The Morgan fingerprint density at radius 2 is 0.824 bits per heavy atom. The summed E-state index contributed by atoms with van der Waals surface area (Å²) in [7, 11) is 0. The smallest absolute Gasteiger partial charge is 0.137 e. The fourth-order valence-electron chi connectivity index (χ4n) is 8.13. The standard InChI is InChI=1S/C49H32N2/c1-4-15-34(16-5-1)45-40-21-10-11-22-41(40)46(35-17-6-2-7-18-35)49-43-31-30-38(39-23-14-24-42(47(39)43)48(45)49)33-26-28-37(29-27-33)51(36-19-8-3-9-20-36)44-25-12-13-32-50-44/h1-32H. The van der Waals surface area contributed by atoms with E-state index in [9.17, 15) is 0 Å². The first kappa shape index (κ1) is 29.2. The van der Waals surface area contributed by atoms with Crippen LogP contribution in [0, 0.1) is 0 Å². The van der Waals surface area contributed by atoms with E-state index in [0.717, 1.165) is 17.2 Å². The summed E-state index contributed by atoms with van der Waals surface area (Å²) in [4.78, 5) is 6.91. The summed E-state index contributed by atoms with van der Waals surface area (Å²) in [6.45, 7) is 0. The molecule has 2 heteroatoms. The van der Waals surface area contributed by atoms with Crippen molar-refractivity contribution in [3.8, 4) is 55.6 Å². The largest absolute Gasteiger partial charge is 0.295 e. The van der Waals surface area contributed by atoms with Crippen LogP contribution in [0.25, 0.3) is 77.2 Å². The van der Waals surface area contributed by atoms with Crippen molar-refractivity contribution >= 4 is 38.7 Å². The van der Waals surface area contributed by atoms with E-state index in [1.165, 1.54) is 77.2 Å². The summed E-state index contributed by atoms with van der Waals surface area (Å²) in [6.07, 6.45) is 1.85. The van der Waals surface area contributed by atoms with E-state index in [4.69, 9.17) is 4.98 Å². The van der Waals surface area contributed by atoms with Gasteiger partial charge in [-0.3, -0.25) is 4.90 Å². The zero-order chi connectivity index (χ0) is 33.7. The van der Waals surface area contributed by atoms with E-state index in [1.54, 1.807) is 0 Å². The van der Waals surface area contributed by atoms with Crippen molar-refractivity contribution in [1.29, 1.82) is 0 Å². The number of benzene rings is 8. The van der Waals surface area contributed by atoms with Gasteiger partial charge in [0.1, 0.15) is 5.82 Å². The van der Waals surface area contributed by atoms with Gasteiger partial charge in [0.2, 0.25) is 0 Å². The summed E-state index contributed by atoms with van der Waals surface area (Å²) in [5.74, 6) is 0.885. The third-order valence-electron chi connectivity index (χ3n) is 10.2. The van der Waals surface area contributed by atoms with Crippen LogP contribution >= 0.6 is 0 Å². The third-order valence-corrected chi connectivity index (χ3v) is 10.2. The quantitative estimate of drug-likeness (QED) is 0.178. The molecule has 2 nitrogen and oxygen atoms in total. The summed E-state index contributed by atoms with van der Waals surface area (Å²) in [5, 5.41) is 5.13. The van der Waals surface area contributed by atoms with Crippen molar-refractivity contribution in [3.05, 3.63) is 194 Å². The molecule has 0 fully saturated rings. The Morgan fingerprint density at radius 1 is 0.314 bits per heavy atom. The van der Waals surface area contributed by atoms with Gasteiger partial charge in [-0.05, 0) is 114 Å². The second-order valence-corrected chi connectivity index (χ2v) is 13.1. The van der Waals surface area contributed by atoms with Crippen LogP contribution in [0.4, 0.5) is 17.2 Å². The van der Waals surface area contributed by atoms with Gasteiger partial charge in [-0.2, -0.15) is 0 Å². The van der Waals surface area contributed by atoms with Crippen molar-refractivity contribution in [1.82, 2.24) is 4.98 Å². The molecule has 1 aliphatic carbocycles. The minimum absolute atomic E-state index is 0.885. The van der Waals surface area contributed by atoms with E-state index in [0.29, 0.717) is 0 Å². The van der Waals surface area contributed by atoms with E-state index in [1.807, 2.05) is 24.4 Å². The summed E-state index contributed by atoms with van der Waals surface area (Å²) in [6, 6.07) is 67.7. The average Bonchev–Trinajstić information content (AvgIpc) is 3.54. The molecule has 1 aromatic heterocycles. The van der Waals surface area contributed by atoms with Crippen LogP contribution < -0.4 is 4.90 Å². The molecule has 0 N–H and O–H groups in total. The number of aromatic nitrogens is 1. The first-order valence-corrected chi connectivity index (χ1v) is 17.5. The van der Waals surface area contributed by atoms with Crippen LogP contribution in [-0.2, 0) is 0 Å². The number of hydrogen-bond acceptors (Lipinski definition) is 2. The molecule has 51 heavy (non-hydrogen) atoms. The lowest BCUT2D eigenvalue weighted by Crippen LogP contribution is -2.11. The van der Waals surface area contributed by atoms with Gasteiger partial charge in [0.25, 0.3) is 0 Å². The molecule has 0 unspecified atom stereocenters. The Labute approximate surface area is 297 Å². The lowest BCUT2D eigenvalue weighted by Gasteiger charge is -2.24. The Bertz CT molecular complexity index is 2570. The van der Waals surface area contributed by atoms with Gasteiger partial charge in [-0.1, -0.05) is 152 Å². The monoisotopic (exact) mass is 648 g/mol. The molecule has 1 aliphatic rings. The topological polar surface area (TPSA) is 16.1 Å². The Hall–Kier alpha value is -6.77. The van der Waals surface area contributed by atoms with Crippen molar-refractivity contribution in [2.75, 3.05) is 4.90 Å². The number of para-hydroxylation sites is 1. The van der Waals surface area contributed by atoms with Crippen molar-refractivity contribution in [2.24, 2.45) is 0 Å². The lowest BCUT2D eigenvalue weighted by atomic mass is 9.82. The van der Waals surface area contributed by atoms with Crippen LogP contribution in [0.2, 0.25) is 0 Å². The third kappa shape index (κ3) is 4.69. The van der Waals surface area contributed by atoms with Crippen molar-refractivity contribution in [2.45, 2.75) is 0 Å². The summed E-state index contributed by atoms with van der Waals surface area (Å²) < 4.78 is 0. The molecule has 0 radical (unpaired) electrons. The fourth-order valence-corrected chi connectivity index (χ4v) is 8.13. The summed E-state index contributed by atoms with van der Waals surface area (Å²) >= 11 is 0. The Kier molecular flexibility index (Phi) is 6.85. The summed E-state index contributed by atoms with van der Waals surface area (Å²) in [5.41, 5.74) is 14.8. The minimum Gasteiger partial charge on any atom is -0.295 e. The van der Waals surface area contributed by atoms with Crippen molar-refractivity contribution < 1.29 is 0 Å². The molecule has 0 bridgehead atoms. The van der Waals surface area contributed by atoms with Gasteiger partial charge >= 0.3 is 0 Å². The second kappa shape index (κ2) is 12.0.